The lowest BCUT2D eigenvalue weighted by atomic mass is 10.1. The Labute approximate surface area is 122 Å². The molecule has 3 nitrogen and oxygen atoms in total. The van der Waals surface area contributed by atoms with Gasteiger partial charge < -0.3 is 10.2 Å². The summed E-state index contributed by atoms with van der Waals surface area (Å²) in [5, 5.41) is 19.2. The summed E-state index contributed by atoms with van der Waals surface area (Å²) in [6.45, 7) is 2.69. The molecule has 0 aromatic heterocycles. The summed E-state index contributed by atoms with van der Waals surface area (Å²) in [7, 11) is 1.97. The summed E-state index contributed by atoms with van der Waals surface area (Å²) in [5.41, 5.74) is 1.20. The van der Waals surface area contributed by atoms with E-state index in [2.05, 4.69) is 30.0 Å². The van der Waals surface area contributed by atoms with Crippen LogP contribution in [0.3, 0.4) is 0 Å². The normalized spacial score (nSPS) is 14.8. The molecule has 0 aliphatic heterocycles. The molecule has 0 aliphatic rings. The van der Waals surface area contributed by atoms with E-state index in [9.17, 15) is 10.2 Å². The van der Waals surface area contributed by atoms with Crippen LogP contribution >= 0.6 is 0 Å². The van der Waals surface area contributed by atoms with Gasteiger partial charge in [0.15, 0.2) is 0 Å². The first-order valence-electron chi connectivity index (χ1n) is 7.38. The second kappa shape index (κ2) is 9.70. The minimum Gasteiger partial charge on any atom is -0.394 e. The van der Waals surface area contributed by atoms with Gasteiger partial charge in [-0.3, -0.25) is 4.90 Å². The first-order valence-corrected chi connectivity index (χ1v) is 7.38. The Balaban J connectivity index is 2.64. The lowest BCUT2D eigenvalue weighted by Gasteiger charge is -2.29. The van der Waals surface area contributed by atoms with Gasteiger partial charge in [0.05, 0.1) is 18.8 Å². The van der Waals surface area contributed by atoms with Crippen molar-refractivity contribution in [3.63, 3.8) is 0 Å². The Bertz CT molecular complexity index is 378. The van der Waals surface area contributed by atoms with Crippen molar-refractivity contribution in [1.29, 1.82) is 0 Å². The highest BCUT2D eigenvalue weighted by Crippen LogP contribution is 2.11. The summed E-state index contributed by atoms with van der Waals surface area (Å²) in [4.78, 5) is 2.07. The summed E-state index contributed by atoms with van der Waals surface area (Å²) >= 11 is 0. The van der Waals surface area contributed by atoms with E-state index in [1.807, 2.05) is 31.3 Å². The molecule has 0 aliphatic carbocycles. The van der Waals surface area contributed by atoms with Crippen LogP contribution in [0, 0.1) is 0 Å². The lowest BCUT2D eigenvalue weighted by Crippen LogP contribution is -2.41. The summed E-state index contributed by atoms with van der Waals surface area (Å²) in [6, 6.07) is 10.0. The van der Waals surface area contributed by atoms with Crippen LogP contribution in [0.5, 0.6) is 0 Å². The SMILES string of the molecule is CCCCC=CC(C(O)CO)N(C)Cc1ccccc1. The van der Waals surface area contributed by atoms with E-state index in [1.165, 1.54) is 5.56 Å². The Morgan fingerprint density at radius 3 is 2.55 bits per heavy atom. The van der Waals surface area contributed by atoms with Gasteiger partial charge in [-0.05, 0) is 19.0 Å². The van der Waals surface area contributed by atoms with Crippen molar-refractivity contribution >= 4 is 0 Å². The zero-order valence-electron chi connectivity index (χ0n) is 12.6. The highest BCUT2D eigenvalue weighted by Gasteiger charge is 2.20. The van der Waals surface area contributed by atoms with Gasteiger partial charge in [-0.25, -0.2) is 0 Å². The molecule has 0 fully saturated rings. The van der Waals surface area contributed by atoms with Crippen molar-refractivity contribution in [1.82, 2.24) is 4.90 Å². The highest BCUT2D eigenvalue weighted by atomic mass is 16.3. The van der Waals surface area contributed by atoms with Crippen LogP contribution in [0.2, 0.25) is 0 Å². The molecule has 112 valence electrons. The summed E-state index contributed by atoms with van der Waals surface area (Å²) in [6.07, 6.45) is 6.71. The number of hydrogen-bond donors (Lipinski definition) is 2. The number of rotatable bonds is 9. The molecule has 0 amide bonds. The first kappa shape index (κ1) is 16.9. The molecule has 2 atom stereocenters. The summed E-state index contributed by atoms with van der Waals surface area (Å²) < 4.78 is 0. The van der Waals surface area contributed by atoms with Gasteiger partial charge in [0.1, 0.15) is 0 Å². The fourth-order valence-electron chi connectivity index (χ4n) is 2.21. The maximum Gasteiger partial charge on any atom is 0.0961 e. The number of allylic oxidation sites excluding steroid dienone is 1. The average molecular weight is 277 g/mol. The third kappa shape index (κ3) is 5.87. The Morgan fingerprint density at radius 1 is 1.25 bits per heavy atom. The van der Waals surface area contributed by atoms with Gasteiger partial charge in [-0.1, -0.05) is 62.2 Å². The van der Waals surface area contributed by atoms with E-state index >= 15 is 0 Å². The van der Waals surface area contributed by atoms with Crippen LogP contribution in [-0.2, 0) is 6.54 Å². The van der Waals surface area contributed by atoms with Crippen molar-refractivity contribution in [2.24, 2.45) is 0 Å². The van der Waals surface area contributed by atoms with Gasteiger partial charge in [0.25, 0.3) is 0 Å². The van der Waals surface area contributed by atoms with Crippen LogP contribution in [0.1, 0.15) is 31.7 Å². The first-order chi connectivity index (χ1) is 9.69. The Kier molecular flexibility index (Phi) is 8.19. The molecule has 0 bridgehead atoms. The molecule has 0 heterocycles. The quantitative estimate of drug-likeness (QED) is 0.538. The van der Waals surface area contributed by atoms with E-state index in [0.29, 0.717) is 0 Å². The topological polar surface area (TPSA) is 43.7 Å². The molecule has 1 aromatic rings. The number of unbranched alkanes of at least 4 members (excludes halogenated alkanes) is 2. The maximum absolute atomic E-state index is 9.98. The molecule has 0 saturated carbocycles. The zero-order chi connectivity index (χ0) is 14.8. The third-order valence-corrected chi connectivity index (χ3v) is 3.42. The predicted octanol–water partition coefficient (Wildman–Crippen LogP) is 2.59. The van der Waals surface area contributed by atoms with Crippen molar-refractivity contribution in [3.05, 3.63) is 48.0 Å². The maximum atomic E-state index is 9.98. The largest absolute Gasteiger partial charge is 0.394 e. The fraction of sp³-hybridized carbons (Fsp3) is 0.529. The van der Waals surface area contributed by atoms with Crippen LogP contribution in [0.25, 0.3) is 0 Å². The second-order valence-corrected chi connectivity index (χ2v) is 5.21. The number of benzene rings is 1. The smallest absolute Gasteiger partial charge is 0.0961 e. The molecule has 2 N–H and O–H groups in total. The summed E-state index contributed by atoms with van der Waals surface area (Å²) in [5.74, 6) is 0. The molecule has 0 spiro atoms. The van der Waals surface area contributed by atoms with Gasteiger partial charge in [-0.2, -0.15) is 0 Å². The van der Waals surface area contributed by atoms with Crippen molar-refractivity contribution in [2.45, 2.75) is 44.9 Å². The van der Waals surface area contributed by atoms with Crippen molar-refractivity contribution in [3.8, 4) is 0 Å². The molecule has 20 heavy (non-hydrogen) atoms. The van der Waals surface area contributed by atoms with Crippen LogP contribution in [-0.4, -0.2) is 40.9 Å². The molecule has 1 rings (SSSR count). The van der Waals surface area contributed by atoms with Gasteiger partial charge in [-0.15, -0.1) is 0 Å². The van der Waals surface area contributed by atoms with Gasteiger partial charge in [0, 0.05) is 6.54 Å². The molecule has 0 radical (unpaired) electrons. The molecular weight excluding hydrogens is 250 g/mol. The predicted molar refractivity (Wildman–Crippen MR) is 83.5 cm³/mol. The average Bonchev–Trinajstić information content (AvgIpc) is 2.47. The number of aliphatic hydroxyl groups excluding tert-OH is 2. The Morgan fingerprint density at radius 2 is 1.95 bits per heavy atom. The van der Waals surface area contributed by atoms with E-state index in [1.54, 1.807) is 0 Å². The van der Waals surface area contributed by atoms with E-state index in [4.69, 9.17) is 0 Å². The van der Waals surface area contributed by atoms with Gasteiger partial charge >= 0.3 is 0 Å². The van der Waals surface area contributed by atoms with Crippen LogP contribution in [0.4, 0.5) is 0 Å². The molecule has 2 unspecified atom stereocenters. The fourth-order valence-corrected chi connectivity index (χ4v) is 2.21. The number of hydrogen-bond acceptors (Lipinski definition) is 3. The van der Waals surface area contributed by atoms with E-state index in [0.717, 1.165) is 25.8 Å². The van der Waals surface area contributed by atoms with Crippen LogP contribution in [0.15, 0.2) is 42.5 Å². The highest BCUT2D eigenvalue weighted by molar-refractivity contribution is 5.15. The molecule has 0 saturated heterocycles. The Hall–Kier alpha value is -1.16. The molecular formula is C17H27NO2. The minimum absolute atomic E-state index is 0.155. The zero-order valence-corrected chi connectivity index (χ0v) is 12.6. The number of likely N-dealkylation sites (N-methyl/N-ethyl adjacent to an activating group) is 1. The second-order valence-electron chi connectivity index (χ2n) is 5.21. The van der Waals surface area contributed by atoms with E-state index in [-0.39, 0.29) is 12.6 Å². The van der Waals surface area contributed by atoms with Crippen molar-refractivity contribution < 1.29 is 10.2 Å². The monoisotopic (exact) mass is 277 g/mol. The minimum atomic E-state index is -0.749. The van der Waals surface area contributed by atoms with Crippen molar-refractivity contribution in [2.75, 3.05) is 13.7 Å². The van der Waals surface area contributed by atoms with E-state index < -0.39 is 6.10 Å². The standard InChI is InChI=1S/C17H27NO2/c1-3-4-5-9-12-16(17(20)14-19)18(2)13-15-10-7-6-8-11-15/h6-12,16-17,19-20H,3-5,13-14H2,1-2H3. The van der Waals surface area contributed by atoms with Gasteiger partial charge in [0.2, 0.25) is 0 Å². The number of nitrogens with zero attached hydrogens (tertiary/aromatic N) is 1. The number of aliphatic hydroxyl groups is 2. The lowest BCUT2D eigenvalue weighted by molar-refractivity contribution is 0.0362. The molecule has 1 aromatic carbocycles. The molecule has 3 heteroatoms. The third-order valence-electron chi connectivity index (χ3n) is 3.42. The van der Waals surface area contributed by atoms with Crippen LogP contribution < -0.4 is 0 Å².